The van der Waals surface area contributed by atoms with Crippen molar-refractivity contribution in [1.29, 1.82) is 0 Å². The topological polar surface area (TPSA) is 56.9 Å². The number of nitrogens with two attached hydrogens (primary N) is 1. The molecule has 0 radical (unpaired) electrons. The molecule has 0 aliphatic carbocycles. The van der Waals surface area contributed by atoms with Crippen molar-refractivity contribution in [2.24, 2.45) is 10.8 Å². The molecule has 0 unspecified atom stereocenters. The van der Waals surface area contributed by atoms with E-state index in [1.165, 1.54) is 12.8 Å². The minimum atomic E-state index is 0.696. The van der Waals surface area contributed by atoms with E-state index in [0.717, 1.165) is 32.0 Å². The van der Waals surface area contributed by atoms with Gasteiger partial charge in [-0.25, -0.2) is 5.84 Å². The van der Waals surface area contributed by atoms with Gasteiger partial charge in [0.05, 0.1) is 0 Å². The summed E-state index contributed by atoms with van der Waals surface area (Å²) >= 11 is 0. The van der Waals surface area contributed by atoms with Gasteiger partial charge in [-0.05, 0) is 33.4 Å². The van der Waals surface area contributed by atoms with Crippen LogP contribution in [0.4, 0.5) is 0 Å². The van der Waals surface area contributed by atoms with E-state index in [-0.39, 0.29) is 0 Å². The molecule has 0 aromatic rings. The van der Waals surface area contributed by atoms with E-state index in [9.17, 15) is 0 Å². The van der Waals surface area contributed by atoms with Gasteiger partial charge in [-0.2, -0.15) is 0 Å². The number of nitrogens with one attached hydrogen (secondary N) is 1. The molecule has 0 aromatic carbocycles. The molecule has 5 nitrogen and oxygen atoms in total. The predicted octanol–water partition coefficient (Wildman–Crippen LogP) is 0.242. The maximum atomic E-state index is 5.51. The summed E-state index contributed by atoms with van der Waals surface area (Å²) in [6, 6.07) is 0.696. The third-order valence-electron chi connectivity index (χ3n) is 3.11. The summed E-state index contributed by atoms with van der Waals surface area (Å²) in [5.41, 5.74) is 2.71. The molecule has 0 amide bonds. The summed E-state index contributed by atoms with van der Waals surface area (Å²) in [5.74, 6) is 6.35. The van der Waals surface area contributed by atoms with Gasteiger partial charge in [0.2, 0.25) is 5.96 Å². The molecular formula is C11H25N5. The van der Waals surface area contributed by atoms with Crippen molar-refractivity contribution in [2.45, 2.75) is 32.2 Å². The van der Waals surface area contributed by atoms with Crippen LogP contribution in [0.25, 0.3) is 0 Å². The third-order valence-corrected chi connectivity index (χ3v) is 3.11. The monoisotopic (exact) mass is 227 g/mol. The molecule has 1 saturated heterocycles. The molecule has 0 saturated carbocycles. The quantitative estimate of drug-likeness (QED) is 0.314. The SMILES string of the molecule is CCCN=C(NN)N1CCC(N(C)C)CC1. The molecule has 1 heterocycles. The average molecular weight is 227 g/mol. The fourth-order valence-electron chi connectivity index (χ4n) is 2.05. The fraction of sp³-hybridized carbons (Fsp3) is 0.909. The lowest BCUT2D eigenvalue weighted by atomic mass is 10.0. The van der Waals surface area contributed by atoms with Crippen LogP contribution in [0.3, 0.4) is 0 Å². The molecule has 1 rings (SSSR count). The summed E-state index contributed by atoms with van der Waals surface area (Å²) in [4.78, 5) is 8.99. The molecule has 3 N–H and O–H groups in total. The number of hydrogen-bond donors (Lipinski definition) is 2. The first-order valence-corrected chi connectivity index (χ1v) is 6.11. The van der Waals surface area contributed by atoms with Crippen molar-refractivity contribution in [2.75, 3.05) is 33.7 Å². The number of piperidine rings is 1. The zero-order valence-electron chi connectivity index (χ0n) is 10.7. The summed E-state index contributed by atoms with van der Waals surface area (Å²) in [6.07, 6.45) is 3.42. The standard InChI is InChI=1S/C11H25N5/c1-4-7-13-11(14-12)16-8-5-10(6-9-16)15(2)3/h10H,4-9,12H2,1-3H3,(H,13,14). The van der Waals surface area contributed by atoms with Gasteiger partial charge in [0, 0.05) is 25.7 Å². The first-order chi connectivity index (χ1) is 7.69. The molecule has 94 valence electrons. The Bertz CT molecular complexity index is 218. The van der Waals surface area contributed by atoms with Crippen molar-refractivity contribution in [3.05, 3.63) is 0 Å². The molecule has 5 heteroatoms. The second-order valence-corrected chi connectivity index (χ2v) is 4.53. The maximum Gasteiger partial charge on any atom is 0.208 e. The van der Waals surface area contributed by atoms with E-state index in [1.807, 2.05) is 0 Å². The smallest absolute Gasteiger partial charge is 0.208 e. The van der Waals surface area contributed by atoms with Crippen molar-refractivity contribution >= 4 is 5.96 Å². The molecule has 0 aromatic heterocycles. The zero-order chi connectivity index (χ0) is 12.0. The second kappa shape index (κ2) is 6.70. The largest absolute Gasteiger partial charge is 0.342 e. The number of guanidine groups is 1. The van der Waals surface area contributed by atoms with Gasteiger partial charge >= 0.3 is 0 Å². The molecule has 1 fully saturated rings. The zero-order valence-corrected chi connectivity index (χ0v) is 10.7. The second-order valence-electron chi connectivity index (χ2n) is 4.53. The Labute approximate surface area is 98.7 Å². The normalized spacial score (nSPS) is 19.3. The van der Waals surface area contributed by atoms with Crippen LogP contribution in [0.5, 0.6) is 0 Å². The Kier molecular flexibility index (Phi) is 5.55. The first-order valence-electron chi connectivity index (χ1n) is 6.11. The molecular weight excluding hydrogens is 202 g/mol. The van der Waals surface area contributed by atoms with Gasteiger partial charge in [-0.3, -0.25) is 10.4 Å². The molecule has 0 spiro atoms. The summed E-state index contributed by atoms with van der Waals surface area (Å²) in [5, 5.41) is 0. The number of aliphatic imine (C=N–C) groups is 1. The van der Waals surface area contributed by atoms with Gasteiger partial charge in [0.1, 0.15) is 0 Å². The first kappa shape index (κ1) is 13.3. The van der Waals surface area contributed by atoms with E-state index in [0.29, 0.717) is 6.04 Å². The number of rotatable bonds is 3. The van der Waals surface area contributed by atoms with Crippen LogP contribution in [0.1, 0.15) is 26.2 Å². The molecule has 0 atom stereocenters. The number of likely N-dealkylation sites (tertiary alicyclic amines) is 1. The Morgan fingerprint density at radius 3 is 2.50 bits per heavy atom. The lowest BCUT2D eigenvalue weighted by Crippen LogP contribution is -2.50. The van der Waals surface area contributed by atoms with Crippen LogP contribution in [0.15, 0.2) is 4.99 Å². The minimum Gasteiger partial charge on any atom is -0.342 e. The Hall–Kier alpha value is -0.810. The molecule has 1 aliphatic heterocycles. The summed E-state index contributed by atoms with van der Waals surface area (Å²) in [7, 11) is 4.29. The van der Waals surface area contributed by atoms with Crippen molar-refractivity contribution in [1.82, 2.24) is 15.2 Å². The third kappa shape index (κ3) is 3.64. The number of hydrazine groups is 1. The number of nitrogens with zero attached hydrogens (tertiary/aromatic N) is 3. The van der Waals surface area contributed by atoms with Gasteiger partial charge < -0.3 is 9.80 Å². The highest BCUT2D eigenvalue weighted by Gasteiger charge is 2.22. The Morgan fingerprint density at radius 2 is 2.06 bits per heavy atom. The Balaban J connectivity index is 2.45. The summed E-state index contributed by atoms with van der Waals surface area (Å²) < 4.78 is 0. The van der Waals surface area contributed by atoms with Gasteiger partial charge in [-0.15, -0.1) is 0 Å². The van der Waals surface area contributed by atoms with E-state index in [4.69, 9.17) is 5.84 Å². The van der Waals surface area contributed by atoms with Crippen LogP contribution < -0.4 is 11.3 Å². The van der Waals surface area contributed by atoms with Gasteiger partial charge in [0.25, 0.3) is 0 Å². The van der Waals surface area contributed by atoms with E-state index < -0.39 is 0 Å². The lowest BCUT2D eigenvalue weighted by molar-refractivity contribution is 0.188. The van der Waals surface area contributed by atoms with Crippen LogP contribution >= 0.6 is 0 Å². The van der Waals surface area contributed by atoms with Gasteiger partial charge in [0.15, 0.2) is 0 Å². The van der Waals surface area contributed by atoms with Crippen LogP contribution in [0.2, 0.25) is 0 Å². The molecule has 0 bridgehead atoms. The van der Waals surface area contributed by atoms with Crippen molar-refractivity contribution in [3.8, 4) is 0 Å². The highest BCUT2D eigenvalue weighted by molar-refractivity contribution is 5.79. The molecule has 1 aliphatic rings. The fourth-order valence-corrected chi connectivity index (χ4v) is 2.05. The van der Waals surface area contributed by atoms with Crippen LogP contribution in [-0.4, -0.2) is 55.5 Å². The van der Waals surface area contributed by atoms with Crippen LogP contribution in [0, 0.1) is 0 Å². The maximum absolute atomic E-state index is 5.51. The average Bonchev–Trinajstić information content (AvgIpc) is 2.30. The minimum absolute atomic E-state index is 0.696. The Morgan fingerprint density at radius 1 is 1.44 bits per heavy atom. The summed E-state index contributed by atoms with van der Waals surface area (Å²) in [6.45, 7) is 5.04. The number of hydrogen-bond acceptors (Lipinski definition) is 3. The highest BCUT2D eigenvalue weighted by atomic mass is 15.4. The van der Waals surface area contributed by atoms with Crippen molar-refractivity contribution < 1.29 is 0 Å². The van der Waals surface area contributed by atoms with E-state index in [1.54, 1.807) is 0 Å². The molecule has 16 heavy (non-hydrogen) atoms. The van der Waals surface area contributed by atoms with E-state index in [2.05, 4.69) is 41.2 Å². The predicted molar refractivity (Wildman–Crippen MR) is 68.2 cm³/mol. The van der Waals surface area contributed by atoms with Gasteiger partial charge in [-0.1, -0.05) is 6.92 Å². The highest BCUT2D eigenvalue weighted by Crippen LogP contribution is 2.13. The van der Waals surface area contributed by atoms with Crippen molar-refractivity contribution in [3.63, 3.8) is 0 Å². The lowest BCUT2D eigenvalue weighted by Gasteiger charge is -2.36. The van der Waals surface area contributed by atoms with Crippen LogP contribution in [-0.2, 0) is 0 Å². The van der Waals surface area contributed by atoms with E-state index >= 15 is 0 Å².